The van der Waals surface area contributed by atoms with Crippen LogP contribution >= 0.6 is 0 Å². The second-order valence-electron chi connectivity index (χ2n) is 15.1. The van der Waals surface area contributed by atoms with Gasteiger partial charge < -0.3 is 9.32 Å². The van der Waals surface area contributed by atoms with Gasteiger partial charge in [0.15, 0.2) is 0 Å². The summed E-state index contributed by atoms with van der Waals surface area (Å²) in [6.45, 7) is 4.79. The van der Waals surface area contributed by atoms with E-state index in [1.807, 2.05) is 0 Å². The van der Waals surface area contributed by atoms with E-state index in [9.17, 15) is 0 Å². The van der Waals surface area contributed by atoms with E-state index in [1.165, 1.54) is 55.6 Å². The number of furan rings is 1. The second-order valence-corrected chi connectivity index (χ2v) is 15.1. The molecule has 0 fully saturated rings. The molecule has 1 aromatic heterocycles. The van der Waals surface area contributed by atoms with E-state index in [-0.39, 0.29) is 10.8 Å². The summed E-state index contributed by atoms with van der Waals surface area (Å²) < 4.78 is 6.54. The van der Waals surface area contributed by atoms with Crippen LogP contribution in [0.2, 0.25) is 0 Å². The minimum Gasteiger partial charge on any atom is -0.456 e. The normalized spacial score (nSPS) is 18.0. The molecule has 2 atom stereocenters. The van der Waals surface area contributed by atoms with Crippen molar-refractivity contribution in [3.05, 3.63) is 221 Å². The maximum absolute atomic E-state index is 6.54. The molecule has 0 aliphatic heterocycles. The van der Waals surface area contributed by atoms with Crippen molar-refractivity contribution in [3.8, 4) is 22.3 Å². The number of hydrogen-bond acceptors (Lipinski definition) is 2. The Hall–Kier alpha value is -6.64. The highest BCUT2D eigenvalue weighted by Gasteiger charge is 2.44. The number of para-hydroxylation sites is 1. The van der Waals surface area contributed by atoms with Crippen LogP contribution in [0, 0.1) is 0 Å². The first-order valence-electron chi connectivity index (χ1n) is 18.9. The lowest BCUT2D eigenvalue weighted by atomic mass is 9.74. The van der Waals surface area contributed by atoms with Crippen LogP contribution in [0.1, 0.15) is 47.2 Å². The molecule has 2 unspecified atom stereocenters. The summed E-state index contributed by atoms with van der Waals surface area (Å²) in [6, 6.07) is 68.8. The number of hydrogen-bond donors (Lipinski definition) is 0. The molecule has 0 bridgehead atoms. The third-order valence-electron chi connectivity index (χ3n) is 12.4. The molecule has 0 spiro atoms. The van der Waals surface area contributed by atoms with Crippen molar-refractivity contribution in [2.45, 2.75) is 24.7 Å². The molecule has 256 valence electrons. The number of benzene rings is 8. The average Bonchev–Trinajstić information content (AvgIpc) is 3.84. The summed E-state index contributed by atoms with van der Waals surface area (Å²) in [5, 5.41) is 2.22. The van der Waals surface area contributed by atoms with Gasteiger partial charge in [0.2, 0.25) is 0 Å². The van der Waals surface area contributed by atoms with Crippen LogP contribution in [0.4, 0.5) is 17.1 Å². The highest BCUT2D eigenvalue weighted by Crippen LogP contribution is 2.59. The lowest BCUT2D eigenvalue weighted by Crippen LogP contribution is -2.23. The minimum absolute atomic E-state index is 0.325. The highest BCUT2D eigenvalue weighted by molar-refractivity contribution is 6.14. The van der Waals surface area contributed by atoms with E-state index in [2.05, 4.69) is 207 Å². The van der Waals surface area contributed by atoms with E-state index < -0.39 is 0 Å². The molecule has 0 saturated heterocycles. The topological polar surface area (TPSA) is 16.4 Å². The van der Waals surface area contributed by atoms with Crippen molar-refractivity contribution >= 4 is 39.0 Å². The Morgan fingerprint density at radius 3 is 1.70 bits per heavy atom. The Labute approximate surface area is 315 Å². The molecule has 8 aromatic carbocycles. The maximum Gasteiger partial charge on any atom is 0.137 e. The predicted octanol–water partition coefficient (Wildman–Crippen LogP) is 13.7. The smallest absolute Gasteiger partial charge is 0.137 e. The van der Waals surface area contributed by atoms with Crippen molar-refractivity contribution in [3.63, 3.8) is 0 Å². The Bertz CT molecular complexity index is 2920. The van der Waals surface area contributed by atoms with Gasteiger partial charge in [-0.05, 0) is 100 Å². The quantitative estimate of drug-likeness (QED) is 0.179. The van der Waals surface area contributed by atoms with Crippen molar-refractivity contribution in [2.75, 3.05) is 4.90 Å². The second kappa shape index (κ2) is 11.4. The molecule has 0 amide bonds. The van der Waals surface area contributed by atoms with Crippen molar-refractivity contribution < 1.29 is 4.42 Å². The van der Waals surface area contributed by atoms with Crippen LogP contribution in [0.3, 0.4) is 0 Å². The summed E-state index contributed by atoms with van der Waals surface area (Å²) in [4.78, 5) is 2.51. The monoisotopic (exact) mass is 691 g/mol. The molecule has 0 radical (unpaired) electrons. The van der Waals surface area contributed by atoms with Gasteiger partial charge in [-0.1, -0.05) is 152 Å². The first kappa shape index (κ1) is 30.9. The van der Waals surface area contributed by atoms with Crippen LogP contribution in [0.25, 0.3) is 44.2 Å². The Morgan fingerprint density at radius 2 is 0.944 bits per heavy atom. The summed E-state index contributed by atoms with van der Waals surface area (Å²) in [7, 11) is 0. The number of nitrogens with zero attached hydrogens (tertiary/aromatic N) is 1. The molecule has 1 heterocycles. The number of anilines is 3. The Morgan fingerprint density at radius 1 is 0.407 bits per heavy atom. The summed E-state index contributed by atoms with van der Waals surface area (Å²) >= 11 is 0. The lowest BCUT2D eigenvalue weighted by molar-refractivity contribution is 0.669. The van der Waals surface area contributed by atoms with Crippen molar-refractivity contribution in [1.82, 2.24) is 0 Å². The minimum atomic E-state index is -0.333. The Balaban J connectivity index is 1.23. The number of rotatable bonds is 5. The van der Waals surface area contributed by atoms with E-state index in [1.54, 1.807) is 0 Å². The van der Waals surface area contributed by atoms with Gasteiger partial charge in [0.25, 0.3) is 0 Å². The van der Waals surface area contributed by atoms with Crippen LogP contribution in [-0.4, -0.2) is 0 Å². The van der Waals surface area contributed by atoms with Gasteiger partial charge in [-0.15, -0.1) is 0 Å². The zero-order chi connectivity index (χ0) is 36.0. The summed E-state index contributed by atoms with van der Waals surface area (Å²) in [5.74, 6) is 0. The molecule has 0 saturated carbocycles. The fraction of sp³-hybridized carbons (Fsp3) is 0.0769. The lowest BCUT2D eigenvalue weighted by Gasteiger charge is -2.32. The molecule has 0 N–H and O–H groups in total. The van der Waals surface area contributed by atoms with Gasteiger partial charge in [-0.2, -0.15) is 0 Å². The highest BCUT2D eigenvalue weighted by atomic mass is 16.3. The van der Waals surface area contributed by atoms with Crippen molar-refractivity contribution in [1.29, 1.82) is 0 Å². The fourth-order valence-electron chi connectivity index (χ4n) is 9.84. The van der Waals surface area contributed by atoms with E-state index in [0.717, 1.165) is 39.0 Å². The van der Waals surface area contributed by atoms with Crippen LogP contribution in [0.15, 0.2) is 192 Å². The van der Waals surface area contributed by atoms with Gasteiger partial charge >= 0.3 is 0 Å². The van der Waals surface area contributed by atoms with Crippen LogP contribution in [-0.2, 0) is 10.8 Å². The van der Waals surface area contributed by atoms with Crippen LogP contribution in [0.5, 0.6) is 0 Å². The van der Waals surface area contributed by atoms with Gasteiger partial charge in [-0.3, -0.25) is 0 Å². The van der Waals surface area contributed by atoms with Gasteiger partial charge in [0, 0.05) is 27.5 Å². The zero-order valence-corrected chi connectivity index (χ0v) is 30.3. The number of fused-ring (bicyclic) bond motifs is 9. The summed E-state index contributed by atoms with van der Waals surface area (Å²) in [6.07, 6.45) is 0. The molecule has 2 aliphatic carbocycles. The molecule has 54 heavy (non-hydrogen) atoms. The standard InChI is InChI=1S/C52H37NO/c1-51(34-17-5-3-6-18-34)42-25-13-10-22-39(42)49-43(51)26-15-27-45(49)53(46-28-16-30-48-50(46)40-23-11-14-29-47(40)54-48)36-31-32-38-37-21-9-12-24-41(37)52(2,44(38)33-36)35-19-7-4-8-20-35/h3-33H,1-2H3. The fourth-order valence-corrected chi connectivity index (χ4v) is 9.84. The van der Waals surface area contributed by atoms with Gasteiger partial charge in [0.05, 0.1) is 16.8 Å². The van der Waals surface area contributed by atoms with E-state index in [4.69, 9.17) is 4.42 Å². The van der Waals surface area contributed by atoms with E-state index in [0.29, 0.717) is 0 Å². The third-order valence-corrected chi connectivity index (χ3v) is 12.4. The molecule has 9 aromatic rings. The van der Waals surface area contributed by atoms with Gasteiger partial charge in [0.1, 0.15) is 11.2 Å². The SMILES string of the molecule is CC1(c2ccccc2)c2ccccc2-c2ccc(N(c3cccc4c3-c3ccccc3C4(C)c3ccccc3)c3cccc4oc5ccccc5c34)cc21. The van der Waals surface area contributed by atoms with E-state index >= 15 is 0 Å². The first-order chi connectivity index (χ1) is 26.6. The molecular weight excluding hydrogens is 655 g/mol. The first-order valence-corrected chi connectivity index (χ1v) is 18.9. The molecular formula is C52H37NO. The molecule has 2 nitrogen and oxygen atoms in total. The zero-order valence-electron chi connectivity index (χ0n) is 30.3. The average molecular weight is 692 g/mol. The predicted molar refractivity (Wildman–Crippen MR) is 223 cm³/mol. The third kappa shape index (κ3) is 4.11. The largest absolute Gasteiger partial charge is 0.456 e. The maximum atomic E-state index is 6.54. The molecule has 11 rings (SSSR count). The van der Waals surface area contributed by atoms with Gasteiger partial charge in [-0.25, -0.2) is 0 Å². The van der Waals surface area contributed by atoms with Crippen molar-refractivity contribution in [2.24, 2.45) is 0 Å². The summed E-state index contributed by atoms with van der Waals surface area (Å²) in [5.41, 5.74) is 17.4. The van der Waals surface area contributed by atoms with Crippen LogP contribution < -0.4 is 4.90 Å². The molecule has 2 aliphatic rings. The Kier molecular flexibility index (Phi) is 6.55. The molecule has 2 heteroatoms.